The van der Waals surface area contributed by atoms with Gasteiger partial charge in [0.2, 0.25) is 5.91 Å². The van der Waals surface area contributed by atoms with Gasteiger partial charge < -0.3 is 20.6 Å². The van der Waals surface area contributed by atoms with E-state index in [1.807, 2.05) is 0 Å². The van der Waals surface area contributed by atoms with Crippen molar-refractivity contribution in [3.05, 3.63) is 0 Å². The number of unbranched alkanes of at least 4 members (excludes halogenated alkanes) is 2. The van der Waals surface area contributed by atoms with Crippen molar-refractivity contribution in [1.29, 1.82) is 0 Å². The second kappa shape index (κ2) is 10.2. The van der Waals surface area contributed by atoms with E-state index in [2.05, 4.69) is 10.6 Å². The molecular weight excluding hydrogens is 250 g/mol. The lowest BCUT2D eigenvalue weighted by Crippen LogP contribution is -2.45. The summed E-state index contributed by atoms with van der Waals surface area (Å²) in [4.78, 5) is 34.6. The Hall–Kier alpha value is -1.79. The summed E-state index contributed by atoms with van der Waals surface area (Å²) in [7, 11) is 1.52. The first-order valence-corrected chi connectivity index (χ1v) is 6.46. The minimum atomic E-state index is -0.799. The molecule has 3 N–H and O–H groups in total. The Morgan fingerprint density at radius 3 is 2.37 bits per heavy atom. The Morgan fingerprint density at radius 2 is 1.84 bits per heavy atom. The van der Waals surface area contributed by atoms with Gasteiger partial charge in [-0.05, 0) is 19.8 Å². The van der Waals surface area contributed by atoms with Crippen LogP contribution < -0.4 is 10.6 Å². The van der Waals surface area contributed by atoms with Crippen molar-refractivity contribution in [2.75, 3.05) is 26.7 Å². The molecular formula is C12H23N3O4. The van der Waals surface area contributed by atoms with Crippen LogP contribution in [0.15, 0.2) is 0 Å². The Morgan fingerprint density at radius 1 is 1.16 bits per heavy atom. The van der Waals surface area contributed by atoms with Crippen molar-refractivity contribution < 1.29 is 19.5 Å². The molecule has 0 aromatic carbocycles. The van der Waals surface area contributed by atoms with Crippen LogP contribution in [0.1, 0.15) is 32.6 Å². The summed E-state index contributed by atoms with van der Waals surface area (Å²) >= 11 is 0. The monoisotopic (exact) mass is 273 g/mol. The Kier molecular flexibility index (Phi) is 9.20. The molecule has 0 unspecified atom stereocenters. The van der Waals surface area contributed by atoms with E-state index in [9.17, 15) is 14.4 Å². The van der Waals surface area contributed by atoms with E-state index >= 15 is 0 Å². The highest BCUT2D eigenvalue weighted by atomic mass is 16.4. The average Bonchev–Trinajstić information content (AvgIpc) is 2.38. The molecule has 0 aromatic rings. The molecule has 0 fully saturated rings. The molecule has 3 amide bonds. The van der Waals surface area contributed by atoms with Crippen LogP contribution in [0.2, 0.25) is 0 Å². The second-order valence-corrected chi connectivity index (χ2v) is 4.12. The van der Waals surface area contributed by atoms with Crippen molar-refractivity contribution >= 4 is 17.9 Å². The zero-order valence-corrected chi connectivity index (χ0v) is 11.6. The zero-order chi connectivity index (χ0) is 14.7. The molecule has 0 radical (unpaired) electrons. The van der Waals surface area contributed by atoms with Crippen LogP contribution in [-0.2, 0) is 9.59 Å². The highest BCUT2D eigenvalue weighted by Gasteiger charge is 2.13. The molecule has 0 aliphatic heterocycles. The maximum Gasteiger partial charge on any atom is 0.317 e. The fourth-order valence-corrected chi connectivity index (χ4v) is 1.46. The lowest BCUT2D eigenvalue weighted by molar-refractivity contribution is -0.137. The van der Waals surface area contributed by atoms with Crippen LogP contribution in [-0.4, -0.2) is 54.6 Å². The maximum atomic E-state index is 11.7. The lowest BCUT2D eigenvalue weighted by atomic mass is 10.2. The Bertz CT molecular complexity index is 307. The number of nitrogens with one attached hydrogen (secondary N) is 2. The summed E-state index contributed by atoms with van der Waals surface area (Å²) in [5.74, 6) is -1.01. The van der Waals surface area contributed by atoms with Gasteiger partial charge in [-0.2, -0.15) is 0 Å². The van der Waals surface area contributed by atoms with E-state index in [1.54, 1.807) is 6.92 Å². The number of likely N-dealkylation sites (N-methyl/N-ethyl adjacent to an activating group) is 2. The van der Waals surface area contributed by atoms with E-state index < -0.39 is 5.97 Å². The van der Waals surface area contributed by atoms with Gasteiger partial charge in [0.25, 0.3) is 0 Å². The van der Waals surface area contributed by atoms with E-state index in [-0.39, 0.29) is 24.9 Å². The molecule has 0 aliphatic rings. The third kappa shape index (κ3) is 8.87. The van der Waals surface area contributed by atoms with Crippen LogP contribution in [0, 0.1) is 0 Å². The van der Waals surface area contributed by atoms with E-state index in [0.29, 0.717) is 19.5 Å². The second-order valence-electron chi connectivity index (χ2n) is 4.12. The van der Waals surface area contributed by atoms with Crippen molar-refractivity contribution in [2.45, 2.75) is 32.6 Å². The van der Waals surface area contributed by atoms with Crippen LogP contribution >= 0.6 is 0 Å². The Balaban J connectivity index is 3.76. The predicted octanol–water partition coefficient (Wildman–Crippen LogP) is 0.409. The molecule has 0 rings (SSSR count). The highest BCUT2D eigenvalue weighted by molar-refractivity contribution is 5.83. The first-order chi connectivity index (χ1) is 9.01. The van der Waals surface area contributed by atoms with Gasteiger partial charge in [-0.15, -0.1) is 0 Å². The minimum absolute atomic E-state index is 0.0395. The fourth-order valence-electron chi connectivity index (χ4n) is 1.46. The van der Waals surface area contributed by atoms with E-state index in [0.717, 1.165) is 12.8 Å². The van der Waals surface area contributed by atoms with Crippen molar-refractivity contribution in [3.8, 4) is 0 Å². The van der Waals surface area contributed by atoms with Gasteiger partial charge in [0, 0.05) is 26.6 Å². The number of carbonyl (C=O) groups excluding carboxylic acids is 2. The maximum absolute atomic E-state index is 11.7. The molecule has 0 heterocycles. The molecule has 7 nitrogen and oxygen atoms in total. The number of nitrogens with zero attached hydrogens (tertiary/aromatic N) is 1. The number of hydrogen-bond donors (Lipinski definition) is 3. The lowest BCUT2D eigenvalue weighted by Gasteiger charge is -2.20. The number of hydrogen-bond acceptors (Lipinski definition) is 3. The molecule has 0 bridgehead atoms. The van der Waals surface area contributed by atoms with Crippen LogP contribution in [0.25, 0.3) is 0 Å². The summed E-state index contributed by atoms with van der Waals surface area (Å²) in [6.07, 6.45) is 2.26. The van der Waals surface area contributed by atoms with Crippen molar-refractivity contribution in [1.82, 2.24) is 15.5 Å². The smallest absolute Gasteiger partial charge is 0.317 e. The van der Waals surface area contributed by atoms with Gasteiger partial charge in [0.1, 0.15) is 6.54 Å². The summed E-state index contributed by atoms with van der Waals surface area (Å²) in [6.45, 7) is 2.79. The minimum Gasteiger partial charge on any atom is -0.481 e. The van der Waals surface area contributed by atoms with Crippen molar-refractivity contribution in [2.24, 2.45) is 0 Å². The molecule has 0 aliphatic carbocycles. The van der Waals surface area contributed by atoms with Gasteiger partial charge >= 0.3 is 12.0 Å². The van der Waals surface area contributed by atoms with Crippen LogP contribution in [0.5, 0.6) is 0 Å². The van der Waals surface area contributed by atoms with Gasteiger partial charge in [0.05, 0.1) is 0 Å². The van der Waals surface area contributed by atoms with Crippen LogP contribution in [0.3, 0.4) is 0 Å². The summed E-state index contributed by atoms with van der Waals surface area (Å²) in [6, 6.07) is -0.274. The number of carboxylic acids is 1. The number of aliphatic carboxylic acids is 1. The fraction of sp³-hybridized carbons (Fsp3) is 0.750. The molecule has 19 heavy (non-hydrogen) atoms. The number of amides is 3. The molecule has 0 spiro atoms. The van der Waals surface area contributed by atoms with Crippen LogP contribution in [0.4, 0.5) is 4.79 Å². The SMILES string of the molecule is CCN(CC(=O)NC)C(=O)NCCCCCC(=O)O. The zero-order valence-electron chi connectivity index (χ0n) is 11.6. The van der Waals surface area contributed by atoms with Gasteiger partial charge in [-0.3, -0.25) is 9.59 Å². The molecule has 0 saturated heterocycles. The number of carbonyl (C=O) groups is 3. The summed E-state index contributed by atoms with van der Waals surface area (Å²) in [5, 5.41) is 13.6. The van der Waals surface area contributed by atoms with Gasteiger partial charge in [0.15, 0.2) is 0 Å². The number of carboxylic acid groups (broad SMARTS) is 1. The summed E-state index contributed by atoms with van der Waals surface area (Å²) in [5.41, 5.74) is 0. The topological polar surface area (TPSA) is 98.7 Å². The molecule has 0 aromatic heterocycles. The molecule has 7 heteroatoms. The first-order valence-electron chi connectivity index (χ1n) is 6.46. The largest absolute Gasteiger partial charge is 0.481 e. The standard InChI is InChI=1S/C12H23N3O4/c1-3-15(9-10(16)13-2)12(19)14-8-6-4-5-7-11(17)18/h3-9H2,1-2H3,(H,13,16)(H,14,19)(H,17,18). The molecule has 110 valence electrons. The highest BCUT2D eigenvalue weighted by Crippen LogP contribution is 1.99. The third-order valence-corrected chi connectivity index (χ3v) is 2.63. The predicted molar refractivity (Wildman–Crippen MR) is 70.8 cm³/mol. The average molecular weight is 273 g/mol. The molecule has 0 atom stereocenters. The Labute approximate surface area is 113 Å². The van der Waals surface area contributed by atoms with Gasteiger partial charge in [-0.1, -0.05) is 6.42 Å². The first kappa shape index (κ1) is 17.2. The van der Waals surface area contributed by atoms with E-state index in [4.69, 9.17) is 5.11 Å². The number of urea groups is 1. The third-order valence-electron chi connectivity index (χ3n) is 2.63. The molecule has 0 saturated carbocycles. The summed E-state index contributed by atoms with van der Waals surface area (Å²) < 4.78 is 0. The van der Waals surface area contributed by atoms with Crippen molar-refractivity contribution in [3.63, 3.8) is 0 Å². The quantitative estimate of drug-likeness (QED) is 0.530. The van der Waals surface area contributed by atoms with Gasteiger partial charge in [-0.25, -0.2) is 4.79 Å². The van der Waals surface area contributed by atoms with E-state index in [1.165, 1.54) is 11.9 Å². The normalized spacial score (nSPS) is 9.79. The number of rotatable bonds is 9.